The molecule has 9 N–H and O–H groups in total. The third-order valence-electron chi connectivity index (χ3n) is 1.16. The molecule has 0 aromatic heterocycles. The summed E-state index contributed by atoms with van der Waals surface area (Å²) in [5.74, 6) is 0. The van der Waals surface area contributed by atoms with E-state index in [0.717, 1.165) is 0 Å². The van der Waals surface area contributed by atoms with Gasteiger partial charge in [0.2, 0.25) is 0 Å². The van der Waals surface area contributed by atoms with Gasteiger partial charge in [-0.1, -0.05) is 0 Å². The van der Waals surface area contributed by atoms with Crippen LogP contribution < -0.4 is 0 Å². The third-order valence-corrected chi connectivity index (χ3v) is 1.16. The summed E-state index contributed by atoms with van der Waals surface area (Å²) in [5, 5.41) is 50.2. The Morgan fingerprint density at radius 2 is 0.591 bits per heavy atom. The monoisotopic (exact) mass is 352 g/mol. The van der Waals surface area contributed by atoms with E-state index in [1.807, 2.05) is 0 Å². The molecule has 10 heteroatoms. The van der Waals surface area contributed by atoms with Crippen LogP contribution in [0.4, 0.5) is 0 Å². The molecule has 0 aliphatic heterocycles. The number of hydrogen-bond donors (Lipinski definition) is 9. The van der Waals surface area contributed by atoms with Crippen LogP contribution in [0.5, 0.6) is 0 Å². The molecular weight excluding hydrogens is 319 g/mol. The quantitative estimate of drug-likeness (QED) is 0.271. The van der Waals surface area contributed by atoms with Crippen LogP contribution in [0.15, 0.2) is 0 Å². The van der Waals surface area contributed by atoms with Crippen LogP contribution in [-0.4, -0.2) is 81.9 Å². The molecule has 0 heterocycles. The smallest absolute Gasteiger partial charge is 0.324 e. The fraction of sp³-hybridized carbons (Fsp3) is 1.00. The zero-order valence-electron chi connectivity index (χ0n) is 14.1. The second kappa shape index (κ2) is 14.6. The van der Waals surface area contributed by atoms with Gasteiger partial charge in [-0.05, 0) is 41.5 Å². The van der Waals surface area contributed by atoms with E-state index in [2.05, 4.69) is 0 Å². The van der Waals surface area contributed by atoms with Crippen molar-refractivity contribution >= 4 is 8.60 Å². The van der Waals surface area contributed by atoms with E-state index in [0.29, 0.717) is 0 Å². The molecule has 0 atom stereocenters. The second-order valence-electron chi connectivity index (χ2n) is 6.18. The molecule has 0 aliphatic rings. The SMILES string of the molecule is CC(C)(O)CO.CC(C)(O)CO.CC(C)(O)CO.OP(O)O. The predicted molar refractivity (Wildman–Crippen MR) is 83.7 cm³/mol. The summed E-state index contributed by atoms with van der Waals surface area (Å²) in [4.78, 5) is 21.7. The number of aliphatic hydroxyl groups excluding tert-OH is 3. The maximum atomic E-state index is 8.58. The third kappa shape index (κ3) is 88.7. The van der Waals surface area contributed by atoms with Crippen LogP contribution in [0.3, 0.4) is 0 Å². The minimum atomic E-state index is -2.62. The Hall–Kier alpha value is 0.0700. The van der Waals surface area contributed by atoms with E-state index < -0.39 is 25.4 Å². The minimum Gasteiger partial charge on any atom is -0.393 e. The van der Waals surface area contributed by atoms with Crippen molar-refractivity contribution < 1.29 is 45.3 Å². The Morgan fingerprint density at radius 3 is 0.591 bits per heavy atom. The maximum absolute atomic E-state index is 8.58. The largest absolute Gasteiger partial charge is 0.393 e. The van der Waals surface area contributed by atoms with Crippen LogP contribution in [0.25, 0.3) is 0 Å². The first-order valence-corrected chi connectivity index (χ1v) is 7.48. The van der Waals surface area contributed by atoms with Crippen LogP contribution >= 0.6 is 8.60 Å². The Balaban J connectivity index is -0.0000000994. The van der Waals surface area contributed by atoms with Crippen molar-refractivity contribution in [2.24, 2.45) is 0 Å². The fourth-order valence-electron chi connectivity index (χ4n) is 0. The van der Waals surface area contributed by atoms with Gasteiger partial charge in [0.1, 0.15) is 0 Å². The van der Waals surface area contributed by atoms with Gasteiger partial charge in [-0.15, -0.1) is 0 Å². The molecule has 0 fully saturated rings. The fourth-order valence-corrected chi connectivity index (χ4v) is 0. The van der Waals surface area contributed by atoms with Crippen molar-refractivity contribution in [2.45, 2.75) is 58.3 Å². The normalized spacial score (nSPS) is 11.5. The summed E-state index contributed by atoms with van der Waals surface area (Å²) < 4.78 is 0. The minimum absolute atomic E-state index is 0.174. The summed E-state index contributed by atoms with van der Waals surface area (Å²) in [7, 11) is -2.62. The second-order valence-corrected chi connectivity index (χ2v) is 6.72. The van der Waals surface area contributed by atoms with Gasteiger partial charge in [0.05, 0.1) is 36.6 Å². The Labute approximate surface area is 133 Å². The average molecular weight is 352 g/mol. The van der Waals surface area contributed by atoms with E-state index in [9.17, 15) is 0 Å². The molecule has 0 saturated heterocycles. The van der Waals surface area contributed by atoms with Gasteiger partial charge in [0.15, 0.2) is 0 Å². The highest BCUT2D eigenvalue weighted by atomic mass is 31.2. The van der Waals surface area contributed by atoms with Crippen molar-refractivity contribution in [3.63, 3.8) is 0 Å². The molecule has 0 radical (unpaired) electrons. The lowest BCUT2D eigenvalue weighted by molar-refractivity contribution is 0.0181. The zero-order chi connectivity index (χ0) is 19.2. The highest BCUT2D eigenvalue weighted by Gasteiger charge is 2.08. The van der Waals surface area contributed by atoms with E-state index in [1.165, 1.54) is 0 Å². The summed E-state index contributed by atoms with van der Waals surface area (Å²) in [6, 6.07) is 0. The summed E-state index contributed by atoms with van der Waals surface area (Å²) in [5.41, 5.74) is -2.71. The molecule has 0 unspecified atom stereocenters. The average Bonchev–Trinajstić information content (AvgIpc) is 2.27. The highest BCUT2D eigenvalue weighted by molar-refractivity contribution is 7.38. The van der Waals surface area contributed by atoms with Crippen molar-refractivity contribution in [3.8, 4) is 0 Å². The lowest BCUT2D eigenvalue weighted by Crippen LogP contribution is -2.23. The molecule has 0 bridgehead atoms. The van der Waals surface area contributed by atoms with Crippen molar-refractivity contribution in [2.75, 3.05) is 19.8 Å². The van der Waals surface area contributed by atoms with Gasteiger partial charge in [0, 0.05) is 0 Å². The summed E-state index contributed by atoms with van der Waals surface area (Å²) in [6.07, 6.45) is 0. The molecule has 0 spiro atoms. The Bertz CT molecular complexity index is 180. The Morgan fingerprint density at radius 1 is 0.545 bits per heavy atom. The van der Waals surface area contributed by atoms with Crippen molar-refractivity contribution in [1.82, 2.24) is 0 Å². The molecule has 0 aromatic carbocycles. The molecule has 0 rings (SSSR count). The first-order valence-electron chi connectivity index (χ1n) is 6.28. The van der Waals surface area contributed by atoms with Crippen molar-refractivity contribution in [3.05, 3.63) is 0 Å². The van der Waals surface area contributed by atoms with Crippen LogP contribution in [0, 0.1) is 0 Å². The van der Waals surface area contributed by atoms with Crippen LogP contribution in [0.1, 0.15) is 41.5 Å². The number of hydrogen-bond acceptors (Lipinski definition) is 9. The van der Waals surface area contributed by atoms with Crippen LogP contribution in [-0.2, 0) is 0 Å². The highest BCUT2D eigenvalue weighted by Crippen LogP contribution is 2.11. The van der Waals surface area contributed by atoms with E-state index in [-0.39, 0.29) is 19.8 Å². The molecule has 140 valence electrons. The van der Waals surface area contributed by atoms with Gasteiger partial charge >= 0.3 is 8.60 Å². The van der Waals surface area contributed by atoms with Crippen LogP contribution in [0.2, 0.25) is 0 Å². The first-order chi connectivity index (χ1) is 9.41. The summed E-state index contributed by atoms with van der Waals surface area (Å²) in [6.45, 7) is 8.77. The molecule has 0 amide bonds. The van der Waals surface area contributed by atoms with Gasteiger partial charge in [-0.3, -0.25) is 0 Å². The molecular formula is C12H33O9P. The summed E-state index contributed by atoms with van der Waals surface area (Å²) >= 11 is 0. The van der Waals surface area contributed by atoms with Gasteiger partial charge in [-0.25, -0.2) is 0 Å². The molecule has 9 nitrogen and oxygen atoms in total. The van der Waals surface area contributed by atoms with Gasteiger partial charge in [0.25, 0.3) is 0 Å². The zero-order valence-corrected chi connectivity index (χ0v) is 15.0. The predicted octanol–water partition coefficient (Wildman–Crippen LogP) is -1.56. The maximum Gasteiger partial charge on any atom is 0.324 e. The van der Waals surface area contributed by atoms with Gasteiger partial charge < -0.3 is 45.3 Å². The molecule has 0 aromatic rings. The molecule has 22 heavy (non-hydrogen) atoms. The Kier molecular flexibility index (Phi) is 20.0. The molecule has 0 aliphatic carbocycles. The number of aliphatic hydroxyl groups is 6. The van der Waals surface area contributed by atoms with Gasteiger partial charge in [-0.2, -0.15) is 0 Å². The van der Waals surface area contributed by atoms with E-state index in [1.54, 1.807) is 41.5 Å². The standard InChI is InChI=1S/3C4H10O2.H3O3P/c3*1-4(2,6)3-5;1-4(2)3/h3*5-6H,3H2,1-2H3;1-3H. The lowest BCUT2D eigenvalue weighted by atomic mass is 10.2. The lowest BCUT2D eigenvalue weighted by Gasteiger charge is -2.10. The van der Waals surface area contributed by atoms with E-state index in [4.69, 9.17) is 45.3 Å². The molecule has 0 saturated carbocycles. The van der Waals surface area contributed by atoms with E-state index >= 15 is 0 Å². The van der Waals surface area contributed by atoms with Crippen molar-refractivity contribution in [1.29, 1.82) is 0 Å². The number of rotatable bonds is 3. The topological polar surface area (TPSA) is 182 Å². The first kappa shape index (κ1) is 30.0.